The van der Waals surface area contributed by atoms with Gasteiger partial charge in [0.1, 0.15) is 0 Å². The molecule has 0 atom stereocenters. The van der Waals surface area contributed by atoms with Crippen molar-refractivity contribution in [3.8, 4) is 0 Å². The van der Waals surface area contributed by atoms with Crippen LogP contribution >= 0.6 is 0 Å². The smallest absolute Gasteiger partial charge is 0.0410 e. The molecule has 0 radical (unpaired) electrons. The zero-order valence-corrected chi connectivity index (χ0v) is 7.62. The van der Waals surface area contributed by atoms with E-state index in [2.05, 4.69) is 12.7 Å². The van der Waals surface area contributed by atoms with Crippen LogP contribution in [0.2, 0.25) is 0 Å². The van der Waals surface area contributed by atoms with Crippen LogP contribution in [0.3, 0.4) is 0 Å². The summed E-state index contributed by atoms with van der Waals surface area (Å²) in [5.74, 6) is 0. The molecule has 0 unspecified atom stereocenters. The highest BCUT2D eigenvalue weighted by atomic mass is 15.1. The lowest BCUT2D eigenvalue weighted by Gasteiger charge is -2.23. The lowest BCUT2D eigenvalue weighted by atomic mass is 10.0. The molecular formula is C11H12N2. The number of benzene rings is 1. The van der Waals surface area contributed by atoms with Crippen LogP contribution in [-0.4, -0.2) is 11.9 Å². The molecule has 13 heavy (non-hydrogen) atoms. The molecule has 0 amide bonds. The Morgan fingerprint density at radius 2 is 2.15 bits per heavy atom. The summed E-state index contributed by atoms with van der Waals surface area (Å²) in [7, 11) is 1.98. The minimum atomic E-state index is 0.781. The molecule has 1 aromatic carbocycles. The number of hydrogen-bond donors (Lipinski definition) is 1. The van der Waals surface area contributed by atoms with Crippen LogP contribution in [-0.2, 0) is 0 Å². The van der Waals surface area contributed by atoms with E-state index < -0.39 is 0 Å². The van der Waals surface area contributed by atoms with Crippen LogP contribution in [0.4, 0.5) is 5.69 Å². The van der Waals surface area contributed by atoms with Gasteiger partial charge in [-0.15, -0.1) is 0 Å². The third-order valence-electron chi connectivity index (χ3n) is 2.29. The van der Waals surface area contributed by atoms with Crippen molar-refractivity contribution < 1.29 is 0 Å². The van der Waals surface area contributed by atoms with E-state index in [1.54, 1.807) is 0 Å². The number of hydrogen-bond acceptors (Lipinski definition) is 2. The third kappa shape index (κ3) is 1.20. The van der Waals surface area contributed by atoms with E-state index in [-0.39, 0.29) is 0 Å². The fourth-order valence-electron chi connectivity index (χ4n) is 1.44. The number of rotatable bonds is 0. The monoisotopic (exact) mass is 172 g/mol. The van der Waals surface area contributed by atoms with Gasteiger partial charge in [-0.05, 0) is 23.8 Å². The van der Waals surface area contributed by atoms with Crippen LogP contribution in [0.1, 0.15) is 11.1 Å². The molecule has 2 rings (SSSR count). The maximum atomic E-state index is 5.71. The van der Waals surface area contributed by atoms with E-state index in [1.807, 2.05) is 36.3 Å². The van der Waals surface area contributed by atoms with Gasteiger partial charge in [0.2, 0.25) is 0 Å². The Kier molecular flexibility index (Phi) is 1.62. The van der Waals surface area contributed by atoms with E-state index in [4.69, 9.17) is 5.73 Å². The first kappa shape index (κ1) is 7.92. The number of nitrogens with two attached hydrogens (primary N) is 1. The summed E-state index contributed by atoms with van der Waals surface area (Å²) in [4.78, 5) is 1.99. The minimum Gasteiger partial charge on any atom is -0.399 e. The van der Waals surface area contributed by atoms with E-state index in [0.29, 0.717) is 0 Å². The van der Waals surface area contributed by atoms with Crippen molar-refractivity contribution >= 4 is 17.5 Å². The largest absolute Gasteiger partial charge is 0.399 e. The molecule has 0 aliphatic carbocycles. The van der Waals surface area contributed by atoms with Gasteiger partial charge in [-0.3, -0.25) is 0 Å². The summed E-state index contributed by atoms with van der Waals surface area (Å²) >= 11 is 0. The van der Waals surface area contributed by atoms with Crippen molar-refractivity contribution in [1.82, 2.24) is 4.90 Å². The van der Waals surface area contributed by atoms with Gasteiger partial charge >= 0.3 is 0 Å². The van der Waals surface area contributed by atoms with Gasteiger partial charge in [0.15, 0.2) is 0 Å². The summed E-state index contributed by atoms with van der Waals surface area (Å²) in [6.07, 6.45) is 4.06. The molecule has 1 aromatic rings. The van der Waals surface area contributed by atoms with Crippen LogP contribution < -0.4 is 5.73 Å². The second-order valence-electron chi connectivity index (χ2n) is 3.22. The second kappa shape index (κ2) is 2.66. The van der Waals surface area contributed by atoms with Gasteiger partial charge < -0.3 is 10.6 Å². The van der Waals surface area contributed by atoms with Crippen LogP contribution in [0.25, 0.3) is 11.8 Å². The molecule has 1 aliphatic rings. The minimum absolute atomic E-state index is 0.781. The highest BCUT2D eigenvalue weighted by molar-refractivity contribution is 5.78. The summed E-state index contributed by atoms with van der Waals surface area (Å²) < 4.78 is 0. The maximum absolute atomic E-state index is 5.71. The zero-order valence-electron chi connectivity index (χ0n) is 7.62. The Balaban J connectivity index is 2.60. The summed E-state index contributed by atoms with van der Waals surface area (Å²) in [6, 6.07) is 5.87. The standard InChI is InChI=1S/C11H12N2/c1-8-11-7-10(12)4-3-9(11)5-6-13(8)2/h3-7H,1,12H2,2H3. The number of nitrogen functional groups attached to an aromatic ring is 1. The first-order valence-corrected chi connectivity index (χ1v) is 4.18. The van der Waals surface area contributed by atoms with Gasteiger partial charge in [0, 0.05) is 30.2 Å². The molecule has 0 aromatic heterocycles. The average molecular weight is 172 g/mol. The first-order valence-electron chi connectivity index (χ1n) is 4.18. The molecule has 0 spiro atoms. The fourth-order valence-corrected chi connectivity index (χ4v) is 1.44. The molecule has 66 valence electrons. The first-order chi connectivity index (χ1) is 6.18. The highest BCUT2D eigenvalue weighted by Crippen LogP contribution is 2.28. The van der Waals surface area contributed by atoms with Crippen molar-refractivity contribution in [1.29, 1.82) is 0 Å². The van der Waals surface area contributed by atoms with Crippen molar-refractivity contribution in [2.45, 2.75) is 0 Å². The number of fused-ring (bicyclic) bond motifs is 1. The molecular weight excluding hydrogens is 160 g/mol. The molecule has 0 saturated carbocycles. The van der Waals surface area contributed by atoms with E-state index in [1.165, 1.54) is 5.56 Å². The van der Waals surface area contributed by atoms with Crippen molar-refractivity contribution in [3.05, 3.63) is 42.1 Å². The van der Waals surface area contributed by atoms with E-state index in [0.717, 1.165) is 16.9 Å². The summed E-state index contributed by atoms with van der Waals surface area (Å²) in [5.41, 5.74) is 9.77. The van der Waals surface area contributed by atoms with E-state index >= 15 is 0 Å². The second-order valence-corrected chi connectivity index (χ2v) is 3.22. The third-order valence-corrected chi connectivity index (χ3v) is 2.29. The van der Waals surface area contributed by atoms with Crippen LogP contribution in [0, 0.1) is 0 Å². The van der Waals surface area contributed by atoms with Gasteiger partial charge in [0.25, 0.3) is 0 Å². The lowest BCUT2D eigenvalue weighted by molar-refractivity contribution is 0.656. The molecule has 2 N–H and O–H groups in total. The van der Waals surface area contributed by atoms with Crippen molar-refractivity contribution in [2.75, 3.05) is 12.8 Å². The average Bonchev–Trinajstić information content (AvgIpc) is 2.12. The van der Waals surface area contributed by atoms with Gasteiger partial charge in [-0.1, -0.05) is 12.6 Å². The van der Waals surface area contributed by atoms with Crippen LogP contribution in [0.5, 0.6) is 0 Å². The van der Waals surface area contributed by atoms with Crippen molar-refractivity contribution in [2.24, 2.45) is 0 Å². The quantitative estimate of drug-likeness (QED) is 0.607. The summed E-state index contributed by atoms with van der Waals surface area (Å²) in [5, 5.41) is 0. The Labute approximate surface area is 78.0 Å². The molecule has 0 fully saturated rings. The fraction of sp³-hybridized carbons (Fsp3) is 0.0909. The Morgan fingerprint density at radius 1 is 1.38 bits per heavy atom. The number of nitrogens with zero attached hydrogens (tertiary/aromatic N) is 1. The molecule has 1 aliphatic heterocycles. The van der Waals surface area contributed by atoms with Gasteiger partial charge in [0.05, 0.1) is 0 Å². The highest BCUT2D eigenvalue weighted by Gasteiger charge is 2.11. The Hall–Kier alpha value is -1.70. The predicted octanol–water partition coefficient (Wildman–Crippen LogP) is 2.16. The maximum Gasteiger partial charge on any atom is 0.0410 e. The van der Waals surface area contributed by atoms with E-state index in [9.17, 15) is 0 Å². The number of anilines is 1. The molecule has 2 heteroatoms. The molecule has 0 bridgehead atoms. The molecule has 0 saturated heterocycles. The topological polar surface area (TPSA) is 29.3 Å². The molecule has 1 heterocycles. The van der Waals surface area contributed by atoms with Gasteiger partial charge in [-0.2, -0.15) is 0 Å². The van der Waals surface area contributed by atoms with Crippen molar-refractivity contribution in [3.63, 3.8) is 0 Å². The Bertz CT molecular complexity index is 391. The lowest BCUT2D eigenvalue weighted by Crippen LogP contribution is -2.12. The Morgan fingerprint density at radius 3 is 2.92 bits per heavy atom. The predicted molar refractivity (Wildman–Crippen MR) is 56.7 cm³/mol. The SMILES string of the molecule is C=C1c2cc(N)ccc2C=CN1C. The molecule has 2 nitrogen and oxygen atoms in total. The normalized spacial score (nSPS) is 14.5. The summed E-state index contributed by atoms with van der Waals surface area (Å²) in [6.45, 7) is 4.00. The van der Waals surface area contributed by atoms with Crippen LogP contribution in [0.15, 0.2) is 31.0 Å². The van der Waals surface area contributed by atoms with Gasteiger partial charge in [-0.25, -0.2) is 0 Å². The zero-order chi connectivity index (χ0) is 9.42.